The standard InChI is InChI=1S/C25H30FN3O2/c1-19-10-11-24(20(2)15-19)27-25(30)29(13-6-14-31-3)18-23-9-5-12-28(23)17-21-7-4-8-22(26)16-21/h4-5,7-12,15-16H,6,13-14,17-18H2,1-3H3,(H,27,30). The van der Waals surface area contributed by atoms with Crippen LogP contribution in [0.2, 0.25) is 0 Å². The Bertz CT molecular complexity index is 1020. The Kier molecular flexibility index (Phi) is 7.84. The zero-order valence-electron chi connectivity index (χ0n) is 18.4. The van der Waals surface area contributed by atoms with Gasteiger partial charge < -0.3 is 19.5 Å². The molecular formula is C25H30FN3O2. The number of aryl methyl sites for hydroxylation is 2. The number of hydrogen-bond donors (Lipinski definition) is 1. The molecule has 6 heteroatoms. The summed E-state index contributed by atoms with van der Waals surface area (Å²) in [6, 6.07) is 16.3. The summed E-state index contributed by atoms with van der Waals surface area (Å²) < 4.78 is 20.8. The van der Waals surface area contributed by atoms with Crippen LogP contribution in [0.4, 0.5) is 14.9 Å². The molecule has 0 atom stereocenters. The zero-order chi connectivity index (χ0) is 22.2. The van der Waals surface area contributed by atoms with Gasteiger partial charge in [0.15, 0.2) is 0 Å². The Morgan fingerprint density at radius 1 is 1.13 bits per heavy atom. The molecule has 2 amide bonds. The van der Waals surface area contributed by atoms with E-state index >= 15 is 0 Å². The number of hydrogen-bond acceptors (Lipinski definition) is 2. The van der Waals surface area contributed by atoms with E-state index in [9.17, 15) is 9.18 Å². The predicted octanol–water partition coefficient (Wildman–Crippen LogP) is 5.36. The van der Waals surface area contributed by atoms with Crippen LogP contribution >= 0.6 is 0 Å². The van der Waals surface area contributed by atoms with E-state index < -0.39 is 0 Å². The Morgan fingerprint density at radius 2 is 1.97 bits per heavy atom. The first kappa shape index (κ1) is 22.6. The minimum atomic E-state index is -0.250. The van der Waals surface area contributed by atoms with Crippen LogP contribution in [0.1, 0.15) is 28.8 Å². The van der Waals surface area contributed by atoms with Gasteiger partial charge in [0, 0.05) is 44.4 Å². The molecule has 1 heterocycles. The van der Waals surface area contributed by atoms with E-state index in [1.165, 1.54) is 12.1 Å². The average molecular weight is 424 g/mol. The van der Waals surface area contributed by atoms with Crippen molar-refractivity contribution in [1.29, 1.82) is 0 Å². The Balaban J connectivity index is 1.75. The van der Waals surface area contributed by atoms with Crippen LogP contribution in [0.5, 0.6) is 0 Å². The van der Waals surface area contributed by atoms with E-state index in [4.69, 9.17) is 4.74 Å². The molecule has 2 aromatic carbocycles. The molecule has 3 aromatic rings. The van der Waals surface area contributed by atoms with Gasteiger partial charge in [-0.15, -0.1) is 0 Å². The second-order valence-electron chi connectivity index (χ2n) is 7.77. The minimum Gasteiger partial charge on any atom is -0.385 e. The highest BCUT2D eigenvalue weighted by atomic mass is 19.1. The SMILES string of the molecule is COCCCN(Cc1cccn1Cc1cccc(F)c1)C(=O)Nc1ccc(C)cc1C. The van der Waals surface area contributed by atoms with E-state index in [2.05, 4.69) is 11.4 Å². The number of nitrogens with one attached hydrogen (secondary N) is 1. The fraction of sp³-hybridized carbons (Fsp3) is 0.320. The highest BCUT2D eigenvalue weighted by Crippen LogP contribution is 2.18. The second-order valence-corrected chi connectivity index (χ2v) is 7.77. The third-order valence-electron chi connectivity index (χ3n) is 5.21. The maximum Gasteiger partial charge on any atom is 0.322 e. The van der Waals surface area contributed by atoms with Crippen LogP contribution in [0.25, 0.3) is 0 Å². The highest BCUT2D eigenvalue weighted by molar-refractivity contribution is 5.90. The zero-order valence-corrected chi connectivity index (χ0v) is 18.4. The fourth-order valence-electron chi connectivity index (χ4n) is 3.58. The largest absolute Gasteiger partial charge is 0.385 e. The van der Waals surface area contributed by atoms with Gasteiger partial charge in [-0.2, -0.15) is 0 Å². The summed E-state index contributed by atoms with van der Waals surface area (Å²) in [7, 11) is 1.66. The first-order valence-corrected chi connectivity index (χ1v) is 10.5. The summed E-state index contributed by atoms with van der Waals surface area (Å²) >= 11 is 0. The lowest BCUT2D eigenvalue weighted by atomic mass is 10.1. The van der Waals surface area contributed by atoms with Crippen molar-refractivity contribution in [3.63, 3.8) is 0 Å². The number of nitrogens with zero attached hydrogens (tertiary/aromatic N) is 2. The number of halogens is 1. The van der Waals surface area contributed by atoms with Crippen molar-refractivity contribution in [3.05, 3.63) is 89.0 Å². The quantitative estimate of drug-likeness (QED) is 0.471. The monoisotopic (exact) mass is 423 g/mol. The van der Waals surface area contributed by atoms with E-state index in [1.807, 2.05) is 54.9 Å². The van der Waals surface area contributed by atoms with Crippen LogP contribution in [0, 0.1) is 19.7 Å². The predicted molar refractivity (Wildman–Crippen MR) is 122 cm³/mol. The number of methoxy groups -OCH3 is 1. The smallest absolute Gasteiger partial charge is 0.322 e. The molecule has 0 bridgehead atoms. The topological polar surface area (TPSA) is 46.5 Å². The fourth-order valence-corrected chi connectivity index (χ4v) is 3.58. The van der Waals surface area contributed by atoms with Crippen LogP contribution in [0.15, 0.2) is 60.8 Å². The van der Waals surface area contributed by atoms with Crippen molar-refractivity contribution < 1.29 is 13.9 Å². The summed E-state index contributed by atoms with van der Waals surface area (Å²) in [6.45, 7) is 6.16. The summed E-state index contributed by atoms with van der Waals surface area (Å²) in [4.78, 5) is 14.9. The molecule has 1 aromatic heterocycles. The van der Waals surface area contributed by atoms with E-state index in [1.54, 1.807) is 18.1 Å². The van der Waals surface area contributed by atoms with Crippen molar-refractivity contribution >= 4 is 11.7 Å². The molecule has 0 spiro atoms. The maximum atomic E-state index is 13.6. The average Bonchev–Trinajstić information content (AvgIpc) is 3.16. The van der Waals surface area contributed by atoms with E-state index in [0.29, 0.717) is 26.2 Å². The molecule has 3 rings (SSSR count). The van der Waals surface area contributed by atoms with Gasteiger partial charge in [-0.25, -0.2) is 9.18 Å². The summed E-state index contributed by atoms with van der Waals surface area (Å²) in [6.07, 6.45) is 2.69. The molecular weight excluding hydrogens is 393 g/mol. The lowest BCUT2D eigenvalue weighted by molar-refractivity contribution is 0.171. The molecule has 0 fully saturated rings. The van der Waals surface area contributed by atoms with Gasteiger partial charge in [-0.05, 0) is 61.7 Å². The van der Waals surface area contributed by atoms with Crippen LogP contribution < -0.4 is 5.32 Å². The maximum absolute atomic E-state index is 13.6. The first-order chi connectivity index (χ1) is 15.0. The van der Waals surface area contributed by atoms with Gasteiger partial charge in [0.05, 0.1) is 6.54 Å². The van der Waals surface area contributed by atoms with Gasteiger partial charge in [0.2, 0.25) is 0 Å². The van der Waals surface area contributed by atoms with Crippen molar-refractivity contribution in [2.45, 2.75) is 33.4 Å². The van der Waals surface area contributed by atoms with Crippen molar-refractivity contribution in [3.8, 4) is 0 Å². The van der Waals surface area contributed by atoms with Crippen LogP contribution in [0.3, 0.4) is 0 Å². The molecule has 5 nitrogen and oxygen atoms in total. The van der Waals surface area contributed by atoms with Gasteiger partial charge in [0.1, 0.15) is 5.82 Å². The summed E-state index contributed by atoms with van der Waals surface area (Å²) in [5.41, 5.74) is 4.85. The van der Waals surface area contributed by atoms with Gasteiger partial charge >= 0.3 is 6.03 Å². The summed E-state index contributed by atoms with van der Waals surface area (Å²) in [5, 5.41) is 3.04. The Morgan fingerprint density at radius 3 is 2.71 bits per heavy atom. The third kappa shape index (κ3) is 6.43. The highest BCUT2D eigenvalue weighted by Gasteiger charge is 2.17. The molecule has 31 heavy (non-hydrogen) atoms. The Labute approximate surface area is 183 Å². The molecule has 0 saturated carbocycles. The van der Waals surface area contributed by atoms with Crippen LogP contribution in [-0.2, 0) is 17.8 Å². The number of aromatic nitrogens is 1. The normalized spacial score (nSPS) is 10.8. The van der Waals surface area contributed by atoms with Crippen molar-refractivity contribution in [1.82, 2.24) is 9.47 Å². The summed E-state index contributed by atoms with van der Waals surface area (Å²) in [5.74, 6) is -0.250. The molecule has 0 aliphatic carbocycles. The van der Waals surface area contributed by atoms with Gasteiger partial charge in [-0.1, -0.05) is 29.8 Å². The number of benzene rings is 2. The first-order valence-electron chi connectivity index (χ1n) is 10.5. The number of rotatable bonds is 9. The van der Waals surface area contributed by atoms with Crippen LogP contribution in [-0.4, -0.2) is 35.8 Å². The third-order valence-corrected chi connectivity index (χ3v) is 5.21. The lowest BCUT2D eigenvalue weighted by Gasteiger charge is -2.24. The minimum absolute atomic E-state index is 0.151. The van der Waals surface area contributed by atoms with Gasteiger partial charge in [0.25, 0.3) is 0 Å². The number of carbonyl (C=O) groups excluding carboxylic acids is 1. The van der Waals surface area contributed by atoms with Crippen molar-refractivity contribution in [2.75, 3.05) is 25.6 Å². The second kappa shape index (κ2) is 10.8. The van der Waals surface area contributed by atoms with E-state index in [-0.39, 0.29) is 11.8 Å². The number of anilines is 1. The molecule has 164 valence electrons. The molecule has 0 saturated heterocycles. The number of urea groups is 1. The lowest BCUT2D eigenvalue weighted by Crippen LogP contribution is -2.36. The van der Waals surface area contributed by atoms with Crippen molar-refractivity contribution in [2.24, 2.45) is 0 Å². The molecule has 0 aliphatic heterocycles. The molecule has 0 radical (unpaired) electrons. The number of ether oxygens (including phenoxy) is 1. The number of carbonyl (C=O) groups is 1. The molecule has 1 N–H and O–H groups in total. The molecule has 0 unspecified atom stereocenters. The van der Waals surface area contributed by atoms with E-state index in [0.717, 1.165) is 34.5 Å². The number of amides is 2. The molecule has 0 aliphatic rings. The van der Waals surface area contributed by atoms with Gasteiger partial charge in [-0.3, -0.25) is 0 Å². The Hall–Kier alpha value is -3.12.